The van der Waals surface area contributed by atoms with Gasteiger partial charge in [-0.3, -0.25) is 15.2 Å². The Morgan fingerprint density at radius 2 is 1.97 bits per heavy atom. The van der Waals surface area contributed by atoms with E-state index in [0.717, 1.165) is 28.1 Å². The number of nitrogens with zero attached hydrogens (tertiary/aromatic N) is 4. The van der Waals surface area contributed by atoms with Gasteiger partial charge in [-0.2, -0.15) is 0 Å². The topological polar surface area (TPSA) is 87.4 Å². The van der Waals surface area contributed by atoms with Crippen molar-refractivity contribution in [2.45, 2.75) is 32.7 Å². The largest absolute Gasteiger partial charge is 0.396 e. The summed E-state index contributed by atoms with van der Waals surface area (Å²) in [7, 11) is 0. The van der Waals surface area contributed by atoms with Crippen LogP contribution in [-0.2, 0) is 19.6 Å². The van der Waals surface area contributed by atoms with E-state index >= 15 is 0 Å². The summed E-state index contributed by atoms with van der Waals surface area (Å²) < 4.78 is 13.1. The van der Waals surface area contributed by atoms with Crippen LogP contribution in [0.3, 0.4) is 0 Å². The number of rotatable bonds is 4. The smallest absolute Gasteiger partial charge is 0.323 e. The number of hydrogen-bond acceptors (Lipinski definition) is 5. The monoisotopic (exact) mass is 432 g/mol. The first-order chi connectivity index (χ1) is 15.4. The van der Waals surface area contributed by atoms with Crippen LogP contribution in [0.2, 0.25) is 0 Å². The number of nitrogen functional groups attached to an aromatic ring is 1. The van der Waals surface area contributed by atoms with Crippen LogP contribution < -0.4 is 11.1 Å². The molecule has 32 heavy (non-hydrogen) atoms. The van der Waals surface area contributed by atoms with Gasteiger partial charge >= 0.3 is 6.03 Å². The Morgan fingerprint density at radius 3 is 2.72 bits per heavy atom. The quantitative estimate of drug-likeness (QED) is 0.656. The van der Waals surface area contributed by atoms with Crippen LogP contribution in [0, 0.1) is 6.92 Å². The number of nitrogens with two attached hydrogens (primary N) is 1. The Bertz CT molecular complexity index is 1160. The van der Waals surface area contributed by atoms with E-state index in [1.807, 2.05) is 48.4 Å². The first-order valence-corrected chi connectivity index (χ1v) is 10.7. The fourth-order valence-electron chi connectivity index (χ4n) is 4.07. The highest BCUT2D eigenvalue weighted by atomic mass is 19.1. The van der Waals surface area contributed by atoms with E-state index in [2.05, 4.69) is 21.4 Å². The van der Waals surface area contributed by atoms with E-state index in [4.69, 9.17) is 5.73 Å². The molecule has 2 aliphatic rings. The van der Waals surface area contributed by atoms with Gasteiger partial charge in [0.2, 0.25) is 0 Å². The van der Waals surface area contributed by atoms with Gasteiger partial charge in [0.25, 0.3) is 0 Å². The number of aryl methyl sites for hydroxylation is 1. The summed E-state index contributed by atoms with van der Waals surface area (Å²) in [4.78, 5) is 25.7. The highest BCUT2D eigenvalue weighted by Crippen LogP contribution is 2.27. The van der Waals surface area contributed by atoms with Crippen LogP contribution in [0.1, 0.15) is 22.4 Å². The SMILES string of the molecule is Cc1ccc(-c2ccc(N)c(NC(=O)N3Cc4cc(CN5CC(F)C5)cnc4C3)n2)cc1. The number of carbonyl (C=O) groups is 1. The fraction of sp³-hybridized carbons (Fsp3) is 0.292. The lowest BCUT2D eigenvalue weighted by Crippen LogP contribution is -2.47. The number of benzene rings is 1. The van der Waals surface area contributed by atoms with Gasteiger partial charge in [-0.1, -0.05) is 29.8 Å². The first-order valence-electron chi connectivity index (χ1n) is 10.7. The number of halogens is 1. The molecule has 0 aliphatic carbocycles. The lowest BCUT2D eigenvalue weighted by molar-refractivity contribution is 0.0590. The standard InChI is InChI=1S/C24H25FN6O/c1-15-2-4-17(5-3-15)21-7-6-20(26)23(28-21)29-24(32)31-11-18-8-16(9-27-22(18)14-31)10-30-12-19(25)13-30/h2-9,19H,10-14,26H2,1H3,(H,28,29,32). The average molecular weight is 433 g/mol. The molecule has 4 heterocycles. The van der Waals surface area contributed by atoms with Gasteiger partial charge in [0.1, 0.15) is 6.17 Å². The van der Waals surface area contributed by atoms with Gasteiger partial charge in [0.05, 0.1) is 23.6 Å². The molecular formula is C24H25FN6O. The third-order valence-electron chi connectivity index (χ3n) is 5.92. The molecule has 0 radical (unpaired) electrons. The lowest BCUT2D eigenvalue weighted by atomic mass is 10.1. The van der Waals surface area contributed by atoms with Crippen LogP contribution in [0.4, 0.5) is 20.7 Å². The molecule has 3 aromatic rings. The third-order valence-corrected chi connectivity index (χ3v) is 5.92. The normalized spacial score (nSPS) is 16.0. The molecule has 2 aromatic heterocycles. The molecule has 0 atom stereocenters. The van der Waals surface area contributed by atoms with Gasteiger partial charge in [0.15, 0.2) is 5.82 Å². The minimum atomic E-state index is -0.720. The van der Waals surface area contributed by atoms with Crippen LogP contribution in [0.5, 0.6) is 0 Å². The molecule has 0 bridgehead atoms. The number of nitrogens with one attached hydrogen (secondary N) is 1. The molecule has 2 amide bonds. The van der Waals surface area contributed by atoms with Crippen molar-refractivity contribution >= 4 is 17.5 Å². The molecule has 2 aliphatic heterocycles. The van der Waals surface area contributed by atoms with Crippen LogP contribution in [-0.4, -0.2) is 45.1 Å². The van der Waals surface area contributed by atoms with Crippen molar-refractivity contribution in [2.24, 2.45) is 0 Å². The Morgan fingerprint density at radius 1 is 1.19 bits per heavy atom. The van der Waals surface area contributed by atoms with Crippen molar-refractivity contribution in [1.82, 2.24) is 19.8 Å². The van der Waals surface area contributed by atoms with E-state index in [-0.39, 0.29) is 6.03 Å². The summed E-state index contributed by atoms with van der Waals surface area (Å²) in [6, 6.07) is 13.4. The number of alkyl halides is 1. The van der Waals surface area contributed by atoms with E-state index < -0.39 is 6.17 Å². The first kappa shape index (κ1) is 20.4. The zero-order valence-corrected chi connectivity index (χ0v) is 17.9. The highest BCUT2D eigenvalue weighted by molar-refractivity contribution is 5.92. The molecular weight excluding hydrogens is 407 g/mol. The highest BCUT2D eigenvalue weighted by Gasteiger charge is 2.28. The molecule has 164 valence electrons. The predicted molar refractivity (Wildman–Crippen MR) is 121 cm³/mol. The number of likely N-dealkylation sites (tertiary alicyclic amines) is 1. The van der Waals surface area contributed by atoms with Gasteiger partial charge in [-0.05, 0) is 36.2 Å². The molecule has 7 nitrogen and oxygen atoms in total. The minimum absolute atomic E-state index is 0.271. The number of hydrogen-bond donors (Lipinski definition) is 2. The van der Waals surface area contributed by atoms with Crippen molar-refractivity contribution in [3.63, 3.8) is 0 Å². The number of anilines is 2. The third kappa shape index (κ3) is 4.13. The Kier molecular flexibility index (Phi) is 5.22. The fourth-order valence-corrected chi connectivity index (χ4v) is 4.07. The zero-order valence-electron chi connectivity index (χ0n) is 17.9. The molecule has 1 aromatic carbocycles. The van der Waals surface area contributed by atoms with Gasteiger partial charge in [-0.25, -0.2) is 14.2 Å². The number of aromatic nitrogens is 2. The average Bonchev–Trinajstić information content (AvgIpc) is 3.18. The summed E-state index contributed by atoms with van der Waals surface area (Å²) in [6.45, 7) is 4.55. The maximum atomic E-state index is 13.1. The second-order valence-electron chi connectivity index (χ2n) is 8.53. The number of carbonyl (C=O) groups excluding carboxylic acids is 1. The maximum absolute atomic E-state index is 13.1. The summed E-state index contributed by atoms with van der Waals surface area (Å²) in [5.41, 5.74) is 12.3. The van der Waals surface area contributed by atoms with Gasteiger partial charge < -0.3 is 10.6 Å². The zero-order chi connectivity index (χ0) is 22.2. The minimum Gasteiger partial charge on any atom is -0.396 e. The number of pyridine rings is 2. The maximum Gasteiger partial charge on any atom is 0.323 e. The molecule has 0 saturated carbocycles. The van der Waals surface area contributed by atoms with Crippen molar-refractivity contribution in [3.05, 3.63) is 71.0 Å². The van der Waals surface area contributed by atoms with Crippen molar-refractivity contribution in [2.75, 3.05) is 24.1 Å². The van der Waals surface area contributed by atoms with E-state index in [1.54, 1.807) is 11.0 Å². The Balaban J connectivity index is 1.26. The Hall–Kier alpha value is -3.52. The van der Waals surface area contributed by atoms with Crippen LogP contribution in [0.25, 0.3) is 11.3 Å². The van der Waals surface area contributed by atoms with E-state index in [0.29, 0.717) is 44.2 Å². The van der Waals surface area contributed by atoms with Gasteiger partial charge in [0, 0.05) is 37.9 Å². The molecule has 8 heteroatoms. The number of amides is 2. The molecule has 0 spiro atoms. The second kappa shape index (κ2) is 8.20. The number of urea groups is 1. The molecule has 0 unspecified atom stereocenters. The summed E-state index contributed by atoms with van der Waals surface area (Å²) in [5.74, 6) is 0.344. The second-order valence-corrected chi connectivity index (χ2v) is 8.53. The predicted octanol–water partition coefficient (Wildman–Crippen LogP) is 3.74. The molecule has 1 saturated heterocycles. The van der Waals surface area contributed by atoms with Gasteiger partial charge in [-0.15, -0.1) is 0 Å². The van der Waals surface area contributed by atoms with Crippen molar-refractivity contribution in [3.8, 4) is 11.3 Å². The van der Waals surface area contributed by atoms with Crippen molar-refractivity contribution in [1.29, 1.82) is 0 Å². The summed E-state index contributed by atoms with van der Waals surface area (Å²) in [5, 5.41) is 2.85. The van der Waals surface area contributed by atoms with Crippen molar-refractivity contribution < 1.29 is 9.18 Å². The van der Waals surface area contributed by atoms with Crippen LogP contribution >= 0.6 is 0 Å². The van der Waals surface area contributed by atoms with E-state index in [1.165, 1.54) is 5.56 Å². The van der Waals surface area contributed by atoms with E-state index in [9.17, 15) is 9.18 Å². The number of fused-ring (bicyclic) bond motifs is 1. The summed E-state index contributed by atoms with van der Waals surface area (Å²) >= 11 is 0. The molecule has 5 rings (SSSR count). The summed E-state index contributed by atoms with van der Waals surface area (Å²) in [6.07, 6.45) is 1.10. The molecule has 3 N–H and O–H groups in total. The van der Waals surface area contributed by atoms with Crippen LogP contribution in [0.15, 0.2) is 48.7 Å². The lowest BCUT2D eigenvalue weighted by Gasteiger charge is -2.34. The Labute approximate surface area is 186 Å². The molecule has 1 fully saturated rings.